The van der Waals surface area contributed by atoms with Crippen LogP contribution in [0, 0.1) is 0 Å². The Morgan fingerprint density at radius 3 is 1.06 bits per heavy atom. The number of thioether (sulfide) groups is 2. The monoisotopic (exact) mass is 522 g/mol. The van der Waals surface area contributed by atoms with Gasteiger partial charge < -0.3 is 31.5 Å². The molecular formula is C24H50N4O4S2. The molecule has 6 N–H and O–H groups in total. The minimum atomic E-state index is -0.703. The molecule has 0 aliphatic rings. The fourth-order valence-electron chi connectivity index (χ4n) is 3.11. The first-order chi connectivity index (χ1) is 16.6. The van der Waals surface area contributed by atoms with Gasteiger partial charge in [0.1, 0.15) is 0 Å². The molecule has 0 saturated carbocycles. The molecule has 0 aromatic rings. The largest absolute Gasteiger partial charge is 0.481 e. The van der Waals surface area contributed by atoms with Gasteiger partial charge >= 0.3 is 11.9 Å². The highest BCUT2D eigenvalue weighted by Gasteiger charge is 1.98. The molecule has 0 aliphatic heterocycles. The van der Waals surface area contributed by atoms with Gasteiger partial charge in [-0.3, -0.25) is 9.59 Å². The summed E-state index contributed by atoms with van der Waals surface area (Å²) in [6, 6.07) is 0. The van der Waals surface area contributed by atoms with Crippen molar-refractivity contribution in [2.45, 2.75) is 64.2 Å². The molecule has 0 saturated heterocycles. The summed E-state index contributed by atoms with van der Waals surface area (Å²) in [5.41, 5.74) is 0. The van der Waals surface area contributed by atoms with Crippen LogP contribution >= 0.6 is 23.5 Å². The maximum Gasteiger partial charge on any atom is 0.304 e. The van der Waals surface area contributed by atoms with Crippen LogP contribution in [0.25, 0.3) is 0 Å². The third-order valence-electron chi connectivity index (χ3n) is 5.08. The van der Waals surface area contributed by atoms with Gasteiger partial charge in [0.2, 0.25) is 0 Å². The fraction of sp³-hybridized carbons (Fsp3) is 0.917. The molecule has 0 unspecified atom stereocenters. The average Bonchev–Trinajstić information content (AvgIpc) is 2.80. The van der Waals surface area contributed by atoms with E-state index in [-0.39, 0.29) is 12.8 Å². The number of carboxylic acids is 2. The lowest BCUT2D eigenvalue weighted by molar-refractivity contribution is -0.137. The average molecular weight is 523 g/mol. The molecule has 0 amide bonds. The molecule has 0 fully saturated rings. The zero-order chi connectivity index (χ0) is 25.0. The van der Waals surface area contributed by atoms with Crippen molar-refractivity contribution in [3.8, 4) is 0 Å². The maximum atomic E-state index is 10.4. The number of unbranched alkanes of at least 4 members (excludes halogenated alkanes) is 3. The Bertz CT molecular complexity index is 423. The molecule has 0 atom stereocenters. The number of hydrogen-bond donors (Lipinski definition) is 6. The summed E-state index contributed by atoms with van der Waals surface area (Å²) in [7, 11) is 0. The van der Waals surface area contributed by atoms with Gasteiger partial charge in [-0.2, -0.15) is 23.5 Å². The molecule has 10 heteroatoms. The molecule has 0 bridgehead atoms. The molecule has 0 rings (SSSR count). The summed E-state index contributed by atoms with van der Waals surface area (Å²) >= 11 is 3.47. The molecule has 0 aromatic heterocycles. The van der Waals surface area contributed by atoms with Crippen LogP contribution < -0.4 is 21.3 Å². The Morgan fingerprint density at radius 2 is 0.735 bits per heavy atom. The normalized spacial score (nSPS) is 11.2. The van der Waals surface area contributed by atoms with Crippen LogP contribution in [0.4, 0.5) is 0 Å². The van der Waals surface area contributed by atoms with Crippen LogP contribution in [0.15, 0.2) is 0 Å². The molecule has 34 heavy (non-hydrogen) atoms. The lowest BCUT2D eigenvalue weighted by Gasteiger charge is -2.08. The predicted molar refractivity (Wildman–Crippen MR) is 148 cm³/mol. The molecule has 0 aromatic carbocycles. The van der Waals surface area contributed by atoms with E-state index in [4.69, 9.17) is 10.2 Å². The minimum absolute atomic E-state index is 0.270. The van der Waals surface area contributed by atoms with Gasteiger partial charge in [-0.1, -0.05) is 0 Å². The van der Waals surface area contributed by atoms with Gasteiger partial charge in [0.25, 0.3) is 0 Å². The van der Waals surface area contributed by atoms with Crippen molar-refractivity contribution in [1.29, 1.82) is 0 Å². The van der Waals surface area contributed by atoms with Gasteiger partial charge in [0, 0.05) is 11.5 Å². The van der Waals surface area contributed by atoms with Crippen LogP contribution in [0.3, 0.4) is 0 Å². The summed E-state index contributed by atoms with van der Waals surface area (Å²) < 4.78 is 0. The number of carbonyl (C=O) groups is 2. The van der Waals surface area contributed by atoms with Crippen molar-refractivity contribution in [2.24, 2.45) is 0 Å². The van der Waals surface area contributed by atoms with E-state index in [0.29, 0.717) is 0 Å². The highest BCUT2D eigenvalue weighted by molar-refractivity contribution is 7.99. The summed E-state index contributed by atoms with van der Waals surface area (Å²) in [5, 5.41) is 31.1. The highest BCUT2D eigenvalue weighted by Crippen LogP contribution is 2.06. The fourth-order valence-corrected chi connectivity index (χ4v) is 4.97. The first kappa shape index (κ1) is 33.5. The first-order valence-electron chi connectivity index (χ1n) is 13.0. The SMILES string of the molecule is O=C(O)CCSCCCCNCCCNCCCCNCCCNCCCCSCCC(=O)O. The van der Waals surface area contributed by atoms with Crippen molar-refractivity contribution < 1.29 is 19.8 Å². The van der Waals surface area contributed by atoms with Crippen LogP contribution in [0.2, 0.25) is 0 Å². The van der Waals surface area contributed by atoms with Crippen LogP contribution in [0.5, 0.6) is 0 Å². The smallest absolute Gasteiger partial charge is 0.304 e. The van der Waals surface area contributed by atoms with Gasteiger partial charge in [0.15, 0.2) is 0 Å². The number of aliphatic carboxylic acids is 2. The molecule has 0 aliphatic carbocycles. The molecule has 8 nitrogen and oxygen atoms in total. The van der Waals surface area contributed by atoms with Gasteiger partial charge in [-0.25, -0.2) is 0 Å². The molecule has 0 radical (unpaired) electrons. The maximum absolute atomic E-state index is 10.4. The minimum Gasteiger partial charge on any atom is -0.481 e. The standard InChI is InChI=1S/C24H50N4O4S2/c29-23(30)9-21-33-19-5-3-13-27-17-7-15-25-11-1-2-12-26-16-8-18-28-14-4-6-20-34-22-10-24(31)32/h25-28H,1-22H2,(H,29,30)(H,31,32). The second kappa shape index (κ2) is 28.7. The Balaban J connectivity index is 3.03. The molecular weight excluding hydrogens is 472 g/mol. The van der Waals surface area contributed by atoms with E-state index in [1.807, 2.05) is 0 Å². The van der Waals surface area contributed by atoms with E-state index in [0.717, 1.165) is 114 Å². The Kier molecular flexibility index (Phi) is 28.3. The van der Waals surface area contributed by atoms with E-state index in [2.05, 4.69) is 21.3 Å². The second-order valence-electron chi connectivity index (χ2n) is 8.34. The first-order valence-corrected chi connectivity index (χ1v) is 15.4. The number of hydrogen-bond acceptors (Lipinski definition) is 8. The van der Waals surface area contributed by atoms with Gasteiger partial charge in [0.05, 0.1) is 12.8 Å². The van der Waals surface area contributed by atoms with Crippen molar-refractivity contribution >= 4 is 35.5 Å². The van der Waals surface area contributed by atoms with Gasteiger partial charge in [-0.05, 0) is 115 Å². The zero-order valence-corrected chi connectivity index (χ0v) is 22.7. The Labute approximate surface area is 215 Å². The van der Waals surface area contributed by atoms with Crippen LogP contribution in [-0.4, -0.2) is 97.5 Å². The number of carboxylic acid groups (broad SMARTS) is 2. The molecule has 202 valence electrons. The third kappa shape index (κ3) is 31.5. The Morgan fingerprint density at radius 1 is 0.441 bits per heavy atom. The summed E-state index contributed by atoms with van der Waals surface area (Å²) in [5.74, 6) is 2.16. The van der Waals surface area contributed by atoms with Gasteiger partial charge in [-0.15, -0.1) is 0 Å². The van der Waals surface area contributed by atoms with Crippen LogP contribution in [-0.2, 0) is 9.59 Å². The predicted octanol–water partition coefficient (Wildman–Crippen LogP) is 2.88. The van der Waals surface area contributed by atoms with Crippen molar-refractivity contribution in [3.05, 3.63) is 0 Å². The lowest BCUT2D eigenvalue weighted by Crippen LogP contribution is -2.25. The quantitative estimate of drug-likeness (QED) is 0.0818. The number of rotatable bonds is 29. The molecule has 0 spiro atoms. The third-order valence-corrected chi connectivity index (χ3v) is 7.22. The summed E-state index contributed by atoms with van der Waals surface area (Å²) in [6.07, 6.45) is 9.89. The highest BCUT2D eigenvalue weighted by atomic mass is 32.2. The van der Waals surface area contributed by atoms with E-state index in [1.54, 1.807) is 23.5 Å². The zero-order valence-electron chi connectivity index (χ0n) is 21.1. The summed E-state index contributed by atoms with van der Waals surface area (Å²) in [4.78, 5) is 20.8. The number of nitrogens with one attached hydrogen (secondary N) is 4. The Hall–Kier alpha value is -0.520. The summed E-state index contributed by atoms with van der Waals surface area (Å²) in [6.45, 7) is 8.53. The second-order valence-corrected chi connectivity index (χ2v) is 10.8. The van der Waals surface area contributed by atoms with Crippen molar-refractivity contribution in [1.82, 2.24) is 21.3 Å². The van der Waals surface area contributed by atoms with E-state index in [9.17, 15) is 9.59 Å². The van der Waals surface area contributed by atoms with E-state index < -0.39 is 11.9 Å². The topological polar surface area (TPSA) is 123 Å². The molecule has 0 heterocycles. The van der Waals surface area contributed by atoms with E-state index >= 15 is 0 Å². The lowest BCUT2D eigenvalue weighted by atomic mass is 10.3. The van der Waals surface area contributed by atoms with Crippen molar-refractivity contribution in [2.75, 3.05) is 75.4 Å². The van der Waals surface area contributed by atoms with Crippen molar-refractivity contribution in [3.63, 3.8) is 0 Å². The van der Waals surface area contributed by atoms with Crippen LogP contribution in [0.1, 0.15) is 64.2 Å². The van der Waals surface area contributed by atoms with E-state index in [1.165, 1.54) is 12.8 Å².